The number of ether oxygens (including phenoxy) is 2. The van der Waals surface area contributed by atoms with Crippen molar-refractivity contribution in [3.05, 3.63) is 53.3 Å². The van der Waals surface area contributed by atoms with Gasteiger partial charge >= 0.3 is 12.1 Å². The molecule has 0 radical (unpaired) electrons. The minimum atomic E-state index is -0.961. The van der Waals surface area contributed by atoms with E-state index in [2.05, 4.69) is 5.32 Å². The molecule has 6 nitrogen and oxygen atoms in total. The van der Waals surface area contributed by atoms with Crippen LogP contribution in [0.15, 0.2) is 42.5 Å². The second kappa shape index (κ2) is 11.1. The summed E-state index contributed by atoms with van der Waals surface area (Å²) in [7, 11) is 0. The third-order valence-electron chi connectivity index (χ3n) is 5.39. The highest BCUT2D eigenvalue weighted by Gasteiger charge is 2.23. The van der Waals surface area contributed by atoms with Crippen LogP contribution in [0.2, 0.25) is 5.02 Å². The maximum Gasteiger partial charge on any atom is 0.411 e. The van der Waals surface area contributed by atoms with Crippen LogP contribution in [0.3, 0.4) is 0 Å². The summed E-state index contributed by atoms with van der Waals surface area (Å²) in [4.78, 5) is 22.8. The van der Waals surface area contributed by atoms with Gasteiger partial charge in [-0.2, -0.15) is 0 Å². The zero-order chi connectivity index (χ0) is 22.2. The standard InChI is InChI=1S/C23H25ClFNO5/c24-19-11-17(9-10-20(19)25)18-3-1-2-4-21(18)26-23(29)31-13-16-7-5-15(6-8-16)12-30-14-22(27)28/h1-4,9-11,15-16H,5-8,12-14H2,(H,26,29)(H,27,28)/t15-,16-. The van der Waals surface area contributed by atoms with Gasteiger partial charge < -0.3 is 14.6 Å². The van der Waals surface area contributed by atoms with Crippen molar-refractivity contribution in [1.82, 2.24) is 0 Å². The van der Waals surface area contributed by atoms with E-state index >= 15 is 0 Å². The predicted molar refractivity (Wildman–Crippen MR) is 116 cm³/mol. The largest absolute Gasteiger partial charge is 0.480 e. The van der Waals surface area contributed by atoms with Crippen LogP contribution in [0, 0.1) is 17.7 Å². The molecule has 3 rings (SSSR count). The first-order chi connectivity index (χ1) is 14.9. The Morgan fingerprint density at radius 3 is 2.42 bits per heavy atom. The van der Waals surface area contributed by atoms with Crippen molar-refractivity contribution >= 4 is 29.4 Å². The predicted octanol–water partition coefficient (Wildman–Crippen LogP) is 5.60. The molecule has 2 aromatic carbocycles. The summed E-state index contributed by atoms with van der Waals surface area (Å²) in [5, 5.41) is 11.4. The molecule has 0 saturated heterocycles. The summed E-state index contributed by atoms with van der Waals surface area (Å²) in [6.07, 6.45) is 3.10. The molecule has 1 aliphatic carbocycles. The Bertz CT molecular complexity index is 915. The molecular weight excluding hydrogens is 425 g/mol. The molecule has 2 aromatic rings. The number of hydrogen-bond donors (Lipinski definition) is 2. The number of amides is 1. The fourth-order valence-corrected chi connectivity index (χ4v) is 3.91. The van der Waals surface area contributed by atoms with Gasteiger partial charge in [0, 0.05) is 5.56 Å². The smallest absolute Gasteiger partial charge is 0.411 e. The van der Waals surface area contributed by atoms with E-state index in [-0.39, 0.29) is 17.5 Å². The quantitative estimate of drug-likeness (QED) is 0.547. The lowest BCUT2D eigenvalue weighted by atomic mass is 9.83. The third-order valence-corrected chi connectivity index (χ3v) is 5.68. The highest BCUT2D eigenvalue weighted by molar-refractivity contribution is 6.31. The first-order valence-electron chi connectivity index (χ1n) is 10.2. The zero-order valence-corrected chi connectivity index (χ0v) is 17.7. The molecule has 1 fully saturated rings. The third kappa shape index (κ3) is 6.94. The minimum absolute atomic E-state index is 0.0128. The normalized spacial score (nSPS) is 18.4. The monoisotopic (exact) mass is 449 g/mol. The van der Waals surface area contributed by atoms with Crippen LogP contribution in [-0.4, -0.2) is 37.0 Å². The fourth-order valence-electron chi connectivity index (χ4n) is 3.72. The summed E-state index contributed by atoms with van der Waals surface area (Å²) >= 11 is 5.89. The van der Waals surface area contributed by atoms with Gasteiger partial charge in [-0.3, -0.25) is 5.32 Å². The average molecular weight is 450 g/mol. The number of para-hydroxylation sites is 1. The van der Waals surface area contributed by atoms with E-state index in [1.54, 1.807) is 18.2 Å². The number of carboxylic acids is 1. The molecule has 0 bridgehead atoms. The maximum atomic E-state index is 13.5. The summed E-state index contributed by atoms with van der Waals surface area (Å²) < 4.78 is 24.1. The van der Waals surface area contributed by atoms with Crippen LogP contribution in [0.25, 0.3) is 11.1 Å². The number of aliphatic carboxylic acids is 1. The first-order valence-corrected chi connectivity index (χ1v) is 10.6. The highest BCUT2D eigenvalue weighted by atomic mass is 35.5. The van der Waals surface area contributed by atoms with Crippen molar-refractivity contribution in [2.24, 2.45) is 11.8 Å². The Kier molecular flexibility index (Phi) is 8.26. The van der Waals surface area contributed by atoms with Crippen molar-refractivity contribution in [3.63, 3.8) is 0 Å². The van der Waals surface area contributed by atoms with Gasteiger partial charge in [-0.1, -0.05) is 35.9 Å². The van der Waals surface area contributed by atoms with Gasteiger partial charge in [0.2, 0.25) is 0 Å². The summed E-state index contributed by atoms with van der Waals surface area (Å²) in [5.74, 6) is -0.845. The van der Waals surface area contributed by atoms with Gasteiger partial charge in [-0.15, -0.1) is 0 Å². The average Bonchev–Trinajstić information content (AvgIpc) is 2.75. The van der Waals surface area contributed by atoms with E-state index in [1.807, 2.05) is 12.1 Å². The number of carboxylic acid groups (broad SMARTS) is 1. The summed E-state index contributed by atoms with van der Waals surface area (Å²) in [6, 6.07) is 11.6. The SMILES string of the molecule is O=C(O)COC[C@H]1CC[C@H](COC(=O)Nc2ccccc2-c2ccc(F)c(Cl)c2)CC1. The van der Waals surface area contributed by atoms with Crippen molar-refractivity contribution in [1.29, 1.82) is 0 Å². The summed E-state index contributed by atoms with van der Waals surface area (Å²) in [5.41, 5.74) is 1.95. The Hall–Kier alpha value is -2.64. The maximum absolute atomic E-state index is 13.5. The number of rotatable bonds is 8. The molecule has 0 aliphatic heterocycles. The van der Waals surface area contributed by atoms with Crippen molar-refractivity contribution in [2.45, 2.75) is 25.7 Å². The first kappa shape index (κ1) is 23.0. The molecule has 31 heavy (non-hydrogen) atoms. The molecule has 8 heteroatoms. The second-order valence-corrected chi connectivity index (χ2v) is 8.10. The molecule has 2 N–H and O–H groups in total. The van der Waals surface area contributed by atoms with Crippen molar-refractivity contribution in [2.75, 3.05) is 25.1 Å². The van der Waals surface area contributed by atoms with E-state index in [4.69, 9.17) is 26.2 Å². The Morgan fingerprint density at radius 2 is 1.74 bits per heavy atom. The van der Waals surface area contributed by atoms with E-state index in [0.717, 1.165) is 25.7 Å². The Labute approximate surface area is 185 Å². The molecule has 0 atom stereocenters. The zero-order valence-electron chi connectivity index (χ0n) is 17.0. The lowest BCUT2D eigenvalue weighted by Crippen LogP contribution is -2.25. The van der Waals surface area contributed by atoms with Crippen LogP contribution in [0.5, 0.6) is 0 Å². The number of anilines is 1. The van der Waals surface area contributed by atoms with E-state index in [1.165, 1.54) is 12.1 Å². The molecule has 0 aromatic heterocycles. The topological polar surface area (TPSA) is 84.9 Å². The van der Waals surface area contributed by atoms with E-state index < -0.39 is 17.9 Å². The van der Waals surface area contributed by atoms with Crippen molar-refractivity contribution < 1.29 is 28.6 Å². The molecule has 0 heterocycles. The van der Waals surface area contributed by atoms with Gasteiger partial charge in [0.15, 0.2) is 0 Å². The molecule has 1 amide bonds. The van der Waals surface area contributed by atoms with Crippen molar-refractivity contribution in [3.8, 4) is 11.1 Å². The van der Waals surface area contributed by atoms with E-state index in [9.17, 15) is 14.0 Å². The minimum Gasteiger partial charge on any atom is -0.480 e. The van der Waals surface area contributed by atoms with Gasteiger partial charge in [-0.05, 0) is 61.3 Å². The van der Waals surface area contributed by atoms with Crippen LogP contribution < -0.4 is 5.32 Å². The van der Waals surface area contributed by atoms with Gasteiger partial charge in [-0.25, -0.2) is 14.0 Å². The van der Waals surface area contributed by atoms with Gasteiger partial charge in [0.1, 0.15) is 12.4 Å². The molecule has 0 spiro atoms. The van der Waals surface area contributed by atoms with Crippen LogP contribution in [0.4, 0.5) is 14.9 Å². The number of carbonyl (C=O) groups is 2. The second-order valence-electron chi connectivity index (χ2n) is 7.69. The number of nitrogens with one attached hydrogen (secondary N) is 1. The molecule has 1 aliphatic rings. The lowest BCUT2D eigenvalue weighted by Gasteiger charge is -2.27. The van der Waals surface area contributed by atoms with E-state index in [0.29, 0.717) is 35.9 Å². The van der Waals surface area contributed by atoms with Gasteiger partial charge in [0.05, 0.1) is 23.9 Å². The molecule has 0 unspecified atom stereocenters. The fraction of sp³-hybridized carbons (Fsp3) is 0.391. The van der Waals surface area contributed by atoms with Crippen LogP contribution >= 0.6 is 11.6 Å². The molecular formula is C23H25ClFNO5. The molecule has 1 saturated carbocycles. The summed E-state index contributed by atoms with van der Waals surface area (Å²) in [6.45, 7) is 0.498. The molecule has 166 valence electrons. The highest BCUT2D eigenvalue weighted by Crippen LogP contribution is 2.31. The number of hydrogen-bond acceptors (Lipinski definition) is 4. The Morgan fingerprint density at radius 1 is 1.06 bits per heavy atom. The van der Waals surface area contributed by atoms with Crippen LogP contribution in [0.1, 0.15) is 25.7 Å². The van der Waals surface area contributed by atoms with Crippen LogP contribution in [-0.2, 0) is 14.3 Å². The van der Waals surface area contributed by atoms with Gasteiger partial charge in [0.25, 0.3) is 0 Å². The number of halogens is 2. The number of benzene rings is 2. The Balaban J connectivity index is 1.48. The number of carbonyl (C=O) groups excluding carboxylic acids is 1. The lowest BCUT2D eigenvalue weighted by molar-refractivity contribution is -0.142.